The van der Waals surface area contributed by atoms with E-state index in [0.29, 0.717) is 18.5 Å². The van der Waals surface area contributed by atoms with Gasteiger partial charge in [0.2, 0.25) is 0 Å². The van der Waals surface area contributed by atoms with Crippen molar-refractivity contribution in [1.82, 2.24) is 4.90 Å². The first kappa shape index (κ1) is 11.8. The molecule has 4 heteroatoms. The molecule has 2 N–H and O–H groups in total. The summed E-state index contributed by atoms with van der Waals surface area (Å²) in [7, 11) is 0. The summed E-state index contributed by atoms with van der Waals surface area (Å²) >= 11 is 0. The van der Waals surface area contributed by atoms with Crippen molar-refractivity contribution in [2.75, 3.05) is 6.54 Å². The van der Waals surface area contributed by atoms with Crippen LogP contribution in [0.5, 0.6) is 11.5 Å². The Morgan fingerprint density at radius 1 is 1.18 bits per heavy atom. The molecule has 1 heterocycles. The maximum atomic E-state index is 12.3. The van der Waals surface area contributed by atoms with Crippen LogP contribution in [0.4, 0.5) is 0 Å². The zero-order valence-electron chi connectivity index (χ0n) is 10.3. The lowest BCUT2D eigenvalue weighted by molar-refractivity contribution is 0.0561. The second-order valence-electron chi connectivity index (χ2n) is 5.38. The average molecular weight is 235 g/mol. The second-order valence-corrected chi connectivity index (χ2v) is 5.38. The Labute approximate surface area is 100 Å². The Bertz CT molecular complexity index is 474. The number of hydrogen-bond donors (Lipinski definition) is 2. The van der Waals surface area contributed by atoms with E-state index in [0.717, 1.165) is 5.56 Å². The summed E-state index contributed by atoms with van der Waals surface area (Å²) in [6.45, 7) is 6.59. The summed E-state index contributed by atoms with van der Waals surface area (Å²) in [4.78, 5) is 14.0. The van der Waals surface area contributed by atoms with Crippen molar-refractivity contribution >= 4 is 5.91 Å². The Balaban J connectivity index is 2.46. The van der Waals surface area contributed by atoms with Gasteiger partial charge in [0, 0.05) is 17.6 Å². The number of benzene rings is 1. The first-order valence-electron chi connectivity index (χ1n) is 5.67. The Morgan fingerprint density at radius 3 is 2.35 bits per heavy atom. The number of phenols is 2. The predicted octanol–water partition coefficient (Wildman–Crippen LogP) is 1.89. The van der Waals surface area contributed by atoms with E-state index in [1.165, 1.54) is 12.1 Å². The third-order valence-electron chi connectivity index (χ3n) is 3.09. The standard InChI is InChI=1S/C13H17NO3/c1-13(2,3)14-5-4-8-6-10(15)11(16)7-9(8)12(14)17/h6-7,15-16H,4-5H2,1-3H3. The van der Waals surface area contributed by atoms with Gasteiger partial charge in [-0.1, -0.05) is 0 Å². The lowest BCUT2D eigenvalue weighted by atomic mass is 9.94. The number of carbonyl (C=O) groups excluding carboxylic acids is 1. The summed E-state index contributed by atoms with van der Waals surface area (Å²) in [5.41, 5.74) is 1.05. The molecule has 17 heavy (non-hydrogen) atoms. The first-order chi connectivity index (χ1) is 7.80. The highest BCUT2D eigenvalue weighted by Crippen LogP contribution is 2.33. The molecule has 0 saturated heterocycles. The molecule has 92 valence electrons. The molecule has 0 radical (unpaired) electrons. The topological polar surface area (TPSA) is 60.8 Å². The van der Waals surface area contributed by atoms with Gasteiger partial charge in [0.25, 0.3) is 5.91 Å². The largest absolute Gasteiger partial charge is 0.504 e. The van der Waals surface area contributed by atoms with Gasteiger partial charge in [-0.15, -0.1) is 0 Å². The fourth-order valence-electron chi connectivity index (χ4n) is 2.15. The summed E-state index contributed by atoms with van der Waals surface area (Å²) in [5, 5.41) is 18.9. The molecule has 1 aliphatic rings. The van der Waals surface area contributed by atoms with Crippen LogP contribution < -0.4 is 0 Å². The molecule has 0 saturated carbocycles. The highest BCUT2D eigenvalue weighted by atomic mass is 16.3. The SMILES string of the molecule is CC(C)(C)N1CCc2cc(O)c(O)cc2C1=O. The minimum Gasteiger partial charge on any atom is -0.504 e. The van der Waals surface area contributed by atoms with Crippen molar-refractivity contribution in [3.05, 3.63) is 23.3 Å². The Kier molecular flexibility index (Phi) is 2.53. The number of phenolic OH excluding ortho intramolecular Hbond substituents is 2. The van der Waals surface area contributed by atoms with Crippen LogP contribution in [0.2, 0.25) is 0 Å². The van der Waals surface area contributed by atoms with Crippen molar-refractivity contribution in [2.24, 2.45) is 0 Å². The Hall–Kier alpha value is -1.71. The van der Waals surface area contributed by atoms with Gasteiger partial charge in [-0.05, 0) is 44.9 Å². The fourth-order valence-corrected chi connectivity index (χ4v) is 2.15. The molecule has 4 nitrogen and oxygen atoms in total. The molecule has 0 fully saturated rings. The minimum absolute atomic E-state index is 0.0888. The van der Waals surface area contributed by atoms with Crippen molar-refractivity contribution in [3.8, 4) is 11.5 Å². The predicted molar refractivity (Wildman–Crippen MR) is 64.3 cm³/mol. The maximum Gasteiger partial charge on any atom is 0.254 e. The summed E-state index contributed by atoms with van der Waals surface area (Å²) in [5.74, 6) is -0.498. The van der Waals surface area contributed by atoms with Gasteiger partial charge in [-0.25, -0.2) is 0 Å². The van der Waals surface area contributed by atoms with Crippen molar-refractivity contribution in [3.63, 3.8) is 0 Å². The van der Waals surface area contributed by atoms with E-state index < -0.39 is 0 Å². The Morgan fingerprint density at radius 2 is 1.76 bits per heavy atom. The van der Waals surface area contributed by atoms with Gasteiger partial charge in [0.1, 0.15) is 0 Å². The number of amides is 1. The third-order valence-corrected chi connectivity index (χ3v) is 3.09. The molecule has 0 spiro atoms. The minimum atomic E-state index is -0.243. The van der Waals surface area contributed by atoms with Gasteiger partial charge in [-0.3, -0.25) is 4.79 Å². The molecule has 1 aromatic rings. The molecule has 0 unspecified atom stereocenters. The summed E-state index contributed by atoms with van der Waals surface area (Å²) in [6, 6.07) is 2.83. The normalized spacial score (nSPS) is 15.9. The highest BCUT2D eigenvalue weighted by Gasteiger charge is 2.32. The van der Waals surface area contributed by atoms with Crippen LogP contribution in [-0.2, 0) is 6.42 Å². The molecule has 1 amide bonds. The van der Waals surface area contributed by atoms with Crippen LogP contribution in [0.1, 0.15) is 36.7 Å². The third kappa shape index (κ3) is 1.95. The van der Waals surface area contributed by atoms with Crippen LogP contribution in [-0.4, -0.2) is 33.1 Å². The number of hydrogen-bond acceptors (Lipinski definition) is 3. The van der Waals surface area contributed by atoms with Crippen molar-refractivity contribution < 1.29 is 15.0 Å². The smallest absolute Gasteiger partial charge is 0.254 e. The van der Waals surface area contributed by atoms with Crippen LogP contribution >= 0.6 is 0 Å². The highest BCUT2D eigenvalue weighted by molar-refractivity contribution is 5.98. The van der Waals surface area contributed by atoms with Crippen molar-refractivity contribution in [2.45, 2.75) is 32.7 Å². The van der Waals surface area contributed by atoms with Crippen LogP contribution in [0.15, 0.2) is 12.1 Å². The quantitative estimate of drug-likeness (QED) is 0.675. The summed E-state index contributed by atoms with van der Waals surface area (Å²) < 4.78 is 0. The van der Waals surface area contributed by atoms with E-state index in [9.17, 15) is 15.0 Å². The zero-order valence-corrected chi connectivity index (χ0v) is 10.3. The first-order valence-corrected chi connectivity index (χ1v) is 5.67. The molecule has 0 aliphatic carbocycles. The summed E-state index contributed by atoms with van der Waals surface area (Å²) in [6.07, 6.45) is 0.701. The van der Waals surface area contributed by atoms with Gasteiger partial charge in [0.15, 0.2) is 11.5 Å². The van der Waals surface area contributed by atoms with E-state index in [1.54, 1.807) is 4.90 Å². The van der Waals surface area contributed by atoms with Crippen molar-refractivity contribution in [1.29, 1.82) is 0 Å². The van der Waals surface area contributed by atoms with Crippen LogP contribution in [0, 0.1) is 0 Å². The lowest BCUT2D eigenvalue weighted by Crippen LogP contribution is -2.49. The fraction of sp³-hybridized carbons (Fsp3) is 0.462. The van der Waals surface area contributed by atoms with E-state index in [-0.39, 0.29) is 22.9 Å². The van der Waals surface area contributed by atoms with Gasteiger partial charge in [0.05, 0.1) is 0 Å². The average Bonchev–Trinajstić information content (AvgIpc) is 2.19. The molecular weight excluding hydrogens is 218 g/mol. The van der Waals surface area contributed by atoms with E-state index in [2.05, 4.69) is 0 Å². The molecule has 0 atom stereocenters. The number of nitrogens with zero attached hydrogens (tertiary/aromatic N) is 1. The lowest BCUT2D eigenvalue weighted by Gasteiger charge is -2.39. The zero-order chi connectivity index (χ0) is 12.8. The molecular formula is C13H17NO3. The number of fused-ring (bicyclic) bond motifs is 1. The molecule has 2 rings (SSSR count). The monoisotopic (exact) mass is 235 g/mol. The van der Waals surface area contributed by atoms with Gasteiger partial charge >= 0.3 is 0 Å². The molecule has 0 bridgehead atoms. The van der Waals surface area contributed by atoms with E-state index in [1.807, 2.05) is 20.8 Å². The van der Waals surface area contributed by atoms with Gasteiger partial charge in [-0.2, -0.15) is 0 Å². The molecule has 1 aliphatic heterocycles. The number of aromatic hydroxyl groups is 2. The molecule has 0 aromatic heterocycles. The second kappa shape index (κ2) is 3.65. The van der Waals surface area contributed by atoms with E-state index in [4.69, 9.17) is 0 Å². The van der Waals surface area contributed by atoms with Crippen LogP contribution in [0.3, 0.4) is 0 Å². The van der Waals surface area contributed by atoms with Crippen LogP contribution in [0.25, 0.3) is 0 Å². The molecule has 1 aromatic carbocycles. The van der Waals surface area contributed by atoms with Gasteiger partial charge < -0.3 is 15.1 Å². The number of rotatable bonds is 0. The maximum absolute atomic E-state index is 12.3. The van der Waals surface area contributed by atoms with E-state index >= 15 is 0 Å². The number of carbonyl (C=O) groups is 1.